The molecule has 0 aliphatic carbocycles. The topological polar surface area (TPSA) is 49.8 Å². The minimum atomic E-state index is -0.0739. The number of likely N-dealkylation sites (tertiary alicyclic amines) is 1. The number of carbonyl (C=O) groups excluding carboxylic acids is 1. The van der Waals surface area contributed by atoms with Gasteiger partial charge in [0, 0.05) is 6.54 Å². The van der Waals surface area contributed by atoms with Crippen LogP contribution in [0.1, 0.15) is 41.6 Å². The van der Waals surface area contributed by atoms with Crippen molar-refractivity contribution < 1.29 is 14.6 Å². The third kappa shape index (κ3) is 3.12. The SMILES string of the molecule is COc1ccc(C)cc1C(=O)N1CCCCCC1CO. The zero-order chi connectivity index (χ0) is 14.5. The van der Waals surface area contributed by atoms with Crippen molar-refractivity contribution in [2.45, 2.75) is 38.6 Å². The molecule has 1 amide bonds. The first-order valence-electron chi connectivity index (χ1n) is 7.24. The van der Waals surface area contributed by atoms with Crippen LogP contribution in [0.25, 0.3) is 0 Å². The summed E-state index contributed by atoms with van der Waals surface area (Å²) in [7, 11) is 1.58. The Morgan fingerprint density at radius 1 is 1.40 bits per heavy atom. The van der Waals surface area contributed by atoms with E-state index < -0.39 is 0 Å². The Morgan fingerprint density at radius 3 is 2.90 bits per heavy atom. The van der Waals surface area contributed by atoms with Crippen LogP contribution in [0.2, 0.25) is 0 Å². The molecule has 4 nitrogen and oxygen atoms in total. The molecule has 4 heteroatoms. The van der Waals surface area contributed by atoms with Crippen LogP contribution in [0.15, 0.2) is 18.2 Å². The number of methoxy groups -OCH3 is 1. The zero-order valence-corrected chi connectivity index (χ0v) is 12.3. The van der Waals surface area contributed by atoms with Gasteiger partial charge >= 0.3 is 0 Å². The Bertz CT molecular complexity index is 473. The van der Waals surface area contributed by atoms with Crippen LogP contribution in [-0.2, 0) is 0 Å². The molecule has 1 heterocycles. The quantitative estimate of drug-likeness (QED) is 0.923. The minimum absolute atomic E-state index is 0.0276. The summed E-state index contributed by atoms with van der Waals surface area (Å²) < 4.78 is 5.30. The first-order valence-corrected chi connectivity index (χ1v) is 7.24. The largest absolute Gasteiger partial charge is 0.496 e. The van der Waals surface area contributed by atoms with Gasteiger partial charge in [-0.1, -0.05) is 24.5 Å². The average molecular weight is 277 g/mol. The maximum absolute atomic E-state index is 12.8. The van der Waals surface area contributed by atoms with E-state index in [1.54, 1.807) is 7.11 Å². The van der Waals surface area contributed by atoms with E-state index in [1.165, 1.54) is 0 Å². The first kappa shape index (κ1) is 14.9. The van der Waals surface area contributed by atoms with Crippen molar-refractivity contribution in [2.75, 3.05) is 20.3 Å². The second-order valence-electron chi connectivity index (χ2n) is 5.39. The molecule has 1 fully saturated rings. The van der Waals surface area contributed by atoms with Crippen molar-refractivity contribution in [1.29, 1.82) is 0 Å². The van der Waals surface area contributed by atoms with E-state index in [9.17, 15) is 9.90 Å². The molecule has 1 aromatic rings. The van der Waals surface area contributed by atoms with Gasteiger partial charge in [0.2, 0.25) is 0 Å². The Kier molecular flexibility index (Phi) is 5.01. The summed E-state index contributed by atoms with van der Waals surface area (Å²) >= 11 is 0. The van der Waals surface area contributed by atoms with Crippen LogP contribution in [0, 0.1) is 6.92 Å². The van der Waals surface area contributed by atoms with Crippen molar-refractivity contribution in [2.24, 2.45) is 0 Å². The van der Waals surface area contributed by atoms with Gasteiger partial charge in [-0.05, 0) is 31.9 Å². The van der Waals surface area contributed by atoms with Crippen molar-refractivity contribution in [1.82, 2.24) is 4.90 Å². The number of ether oxygens (including phenoxy) is 1. The maximum atomic E-state index is 12.8. The summed E-state index contributed by atoms with van der Waals surface area (Å²) in [4.78, 5) is 14.6. The average Bonchev–Trinajstić information content (AvgIpc) is 2.71. The van der Waals surface area contributed by atoms with Crippen LogP contribution in [0.4, 0.5) is 0 Å². The van der Waals surface area contributed by atoms with Crippen molar-refractivity contribution in [3.63, 3.8) is 0 Å². The smallest absolute Gasteiger partial charge is 0.257 e. The molecule has 0 radical (unpaired) electrons. The molecule has 1 N–H and O–H groups in total. The third-order valence-corrected chi connectivity index (χ3v) is 3.93. The van der Waals surface area contributed by atoms with Crippen LogP contribution in [-0.4, -0.2) is 42.2 Å². The number of aliphatic hydroxyl groups is 1. The molecule has 1 aromatic carbocycles. The summed E-state index contributed by atoms with van der Waals surface area (Å²) in [5.41, 5.74) is 1.62. The van der Waals surface area contributed by atoms with E-state index in [2.05, 4.69) is 0 Å². The van der Waals surface area contributed by atoms with Gasteiger partial charge in [-0.2, -0.15) is 0 Å². The molecule has 0 bridgehead atoms. The number of aliphatic hydroxyl groups excluding tert-OH is 1. The fourth-order valence-corrected chi connectivity index (χ4v) is 2.78. The fourth-order valence-electron chi connectivity index (χ4n) is 2.78. The number of benzene rings is 1. The highest BCUT2D eigenvalue weighted by Crippen LogP contribution is 2.25. The Labute approximate surface area is 120 Å². The molecular weight excluding hydrogens is 254 g/mol. The minimum Gasteiger partial charge on any atom is -0.496 e. The molecule has 0 saturated carbocycles. The monoisotopic (exact) mass is 277 g/mol. The van der Waals surface area contributed by atoms with Crippen LogP contribution in [0.3, 0.4) is 0 Å². The molecule has 1 aliphatic rings. The van der Waals surface area contributed by atoms with Gasteiger partial charge in [0.15, 0.2) is 0 Å². The maximum Gasteiger partial charge on any atom is 0.257 e. The number of rotatable bonds is 3. The number of aryl methyl sites for hydroxylation is 1. The Balaban J connectivity index is 2.30. The third-order valence-electron chi connectivity index (χ3n) is 3.93. The lowest BCUT2D eigenvalue weighted by molar-refractivity contribution is 0.0596. The summed E-state index contributed by atoms with van der Waals surface area (Å²) in [5, 5.41) is 9.54. The van der Waals surface area contributed by atoms with Gasteiger partial charge in [-0.25, -0.2) is 0 Å². The lowest BCUT2D eigenvalue weighted by atomic mass is 10.1. The standard InChI is InChI=1S/C16H23NO3/c1-12-7-8-15(20-2)14(10-12)16(19)17-9-5-3-4-6-13(17)11-18/h7-8,10,13,18H,3-6,9,11H2,1-2H3. The second-order valence-corrected chi connectivity index (χ2v) is 5.39. The fraction of sp³-hybridized carbons (Fsp3) is 0.562. The number of nitrogens with zero attached hydrogens (tertiary/aromatic N) is 1. The molecule has 0 aromatic heterocycles. The predicted molar refractivity (Wildman–Crippen MR) is 78.1 cm³/mol. The number of carbonyl (C=O) groups is 1. The summed E-state index contributed by atoms with van der Waals surface area (Å²) in [6, 6.07) is 5.55. The van der Waals surface area contributed by atoms with Gasteiger partial charge in [0.05, 0.1) is 25.3 Å². The molecule has 1 saturated heterocycles. The summed E-state index contributed by atoms with van der Waals surface area (Å²) in [5.74, 6) is 0.563. The number of hydrogen-bond acceptors (Lipinski definition) is 3. The van der Waals surface area contributed by atoms with E-state index in [-0.39, 0.29) is 18.6 Å². The highest BCUT2D eigenvalue weighted by Gasteiger charge is 2.27. The van der Waals surface area contributed by atoms with Crippen LogP contribution < -0.4 is 4.74 Å². The van der Waals surface area contributed by atoms with Gasteiger partial charge in [0.25, 0.3) is 5.91 Å². The van der Waals surface area contributed by atoms with Gasteiger partial charge in [-0.3, -0.25) is 4.79 Å². The zero-order valence-electron chi connectivity index (χ0n) is 12.3. The molecule has 1 atom stereocenters. The Hall–Kier alpha value is -1.55. The predicted octanol–water partition coefficient (Wildman–Crippen LogP) is 2.38. The Morgan fingerprint density at radius 2 is 2.20 bits per heavy atom. The van der Waals surface area contributed by atoms with Crippen LogP contribution in [0.5, 0.6) is 5.75 Å². The van der Waals surface area contributed by atoms with Crippen molar-refractivity contribution in [3.8, 4) is 5.75 Å². The van der Waals surface area contributed by atoms with E-state index in [1.807, 2.05) is 30.0 Å². The van der Waals surface area contributed by atoms with Crippen molar-refractivity contribution in [3.05, 3.63) is 29.3 Å². The van der Waals surface area contributed by atoms with E-state index >= 15 is 0 Å². The normalized spacial score (nSPS) is 19.6. The van der Waals surface area contributed by atoms with Crippen molar-refractivity contribution >= 4 is 5.91 Å². The molecule has 1 unspecified atom stereocenters. The molecule has 110 valence electrons. The lowest BCUT2D eigenvalue weighted by Crippen LogP contribution is -2.42. The number of amides is 1. The molecule has 1 aliphatic heterocycles. The van der Waals surface area contributed by atoms with E-state index in [4.69, 9.17) is 4.74 Å². The molecular formula is C16H23NO3. The number of hydrogen-bond donors (Lipinski definition) is 1. The summed E-state index contributed by atoms with van der Waals surface area (Å²) in [6.07, 6.45) is 4.05. The second kappa shape index (κ2) is 6.75. The highest BCUT2D eigenvalue weighted by molar-refractivity contribution is 5.97. The molecule has 2 rings (SSSR count). The highest BCUT2D eigenvalue weighted by atomic mass is 16.5. The van der Waals surface area contributed by atoms with Gasteiger partial charge < -0.3 is 14.7 Å². The lowest BCUT2D eigenvalue weighted by Gasteiger charge is -2.29. The van der Waals surface area contributed by atoms with Gasteiger partial charge in [0.1, 0.15) is 5.75 Å². The van der Waals surface area contributed by atoms with Gasteiger partial charge in [-0.15, -0.1) is 0 Å². The molecule has 20 heavy (non-hydrogen) atoms. The van der Waals surface area contributed by atoms with E-state index in [0.717, 1.165) is 31.2 Å². The summed E-state index contributed by atoms with van der Waals surface area (Å²) in [6.45, 7) is 2.70. The van der Waals surface area contributed by atoms with E-state index in [0.29, 0.717) is 17.9 Å². The first-order chi connectivity index (χ1) is 9.67. The van der Waals surface area contributed by atoms with Crippen LogP contribution >= 0.6 is 0 Å². The molecule has 0 spiro atoms.